The third kappa shape index (κ3) is 4.21. The number of rotatable bonds is 5. The van der Waals surface area contributed by atoms with E-state index in [0.717, 1.165) is 82.8 Å². The first kappa shape index (κ1) is 26.8. The van der Waals surface area contributed by atoms with E-state index in [-0.39, 0.29) is 17.9 Å². The Morgan fingerprint density at radius 2 is 1.64 bits per heavy atom. The molecule has 2 atom stereocenters. The zero-order valence-corrected chi connectivity index (χ0v) is 24.9. The molecule has 7 rings (SSSR count). The lowest BCUT2D eigenvalue weighted by Gasteiger charge is -2.43. The summed E-state index contributed by atoms with van der Waals surface area (Å²) in [5.74, 6) is 1.57. The number of aromatic nitrogens is 1. The van der Waals surface area contributed by atoms with Crippen LogP contribution in [-0.4, -0.2) is 67.1 Å². The van der Waals surface area contributed by atoms with Crippen molar-refractivity contribution < 1.29 is 4.39 Å². The fourth-order valence-electron chi connectivity index (χ4n) is 6.90. The van der Waals surface area contributed by atoms with E-state index in [1.807, 2.05) is 12.1 Å². The number of fused-ring (bicyclic) bond motifs is 2. The third-order valence-electron chi connectivity index (χ3n) is 9.57. The quantitative estimate of drug-likeness (QED) is 0.361. The Hall–Kier alpha value is -4.10. The van der Waals surface area contributed by atoms with Crippen LogP contribution in [0.1, 0.15) is 48.1 Å². The van der Waals surface area contributed by atoms with Gasteiger partial charge in [-0.1, -0.05) is 50.1 Å². The molecule has 1 aromatic heterocycles. The Morgan fingerprint density at radius 1 is 0.929 bits per heavy atom. The number of hydrogen-bond acceptors (Lipinski definition) is 6. The molecule has 0 amide bonds. The zero-order valence-electron chi connectivity index (χ0n) is 24.9. The van der Waals surface area contributed by atoms with Crippen LogP contribution in [-0.2, 0) is 0 Å². The summed E-state index contributed by atoms with van der Waals surface area (Å²) < 4.78 is 14.1. The van der Waals surface area contributed by atoms with Crippen LogP contribution >= 0.6 is 0 Å². The standard InChI is InChI=1S/C35H39FN6/c1-22-23(2)41(28-14-15-28)35-31(39(22)6)16-17-32(37-35)42-25(4)33-29(24(3)40-20-18-38(5)19-21-40)8-7-9-30(33)34(42)26-10-12-27(36)13-11-26/h7-13,16-17,23,28,34H,1,3-4,14-15,18-21H2,2,5-6H3. The van der Waals surface area contributed by atoms with Crippen molar-refractivity contribution >= 4 is 28.7 Å². The highest BCUT2D eigenvalue weighted by molar-refractivity contribution is 5.92. The van der Waals surface area contributed by atoms with Crippen molar-refractivity contribution in [2.24, 2.45) is 0 Å². The lowest BCUT2D eigenvalue weighted by molar-refractivity contribution is 0.207. The minimum absolute atomic E-state index is 0.170. The molecule has 216 valence electrons. The molecule has 4 aliphatic rings. The van der Waals surface area contributed by atoms with Gasteiger partial charge in [0.2, 0.25) is 0 Å². The molecular formula is C35H39FN6. The Balaban J connectivity index is 1.35. The predicted octanol–water partition coefficient (Wildman–Crippen LogP) is 6.34. The number of likely N-dealkylation sites (N-methyl/N-ethyl adjacent to an activating group) is 2. The summed E-state index contributed by atoms with van der Waals surface area (Å²) in [7, 11) is 4.24. The van der Waals surface area contributed by atoms with Crippen LogP contribution < -0.4 is 14.7 Å². The summed E-state index contributed by atoms with van der Waals surface area (Å²) in [6, 6.07) is 18.0. The molecule has 0 spiro atoms. The van der Waals surface area contributed by atoms with E-state index in [2.05, 4.69) is 95.6 Å². The van der Waals surface area contributed by atoms with Gasteiger partial charge in [0, 0.05) is 67.5 Å². The van der Waals surface area contributed by atoms with Crippen LogP contribution in [0.3, 0.4) is 0 Å². The van der Waals surface area contributed by atoms with Crippen molar-refractivity contribution in [1.82, 2.24) is 14.8 Å². The molecule has 2 fully saturated rings. The first-order valence-corrected chi connectivity index (χ1v) is 15.0. The van der Waals surface area contributed by atoms with Crippen LogP contribution in [0.15, 0.2) is 80.0 Å². The van der Waals surface area contributed by atoms with Crippen LogP contribution in [0.25, 0.3) is 11.4 Å². The fraction of sp³-hybridized carbons (Fsp3) is 0.343. The molecule has 7 heteroatoms. The van der Waals surface area contributed by atoms with E-state index in [1.54, 1.807) is 12.1 Å². The second-order valence-corrected chi connectivity index (χ2v) is 12.2. The second kappa shape index (κ2) is 10.0. The number of anilines is 3. The van der Waals surface area contributed by atoms with E-state index in [1.165, 1.54) is 12.8 Å². The van der Waals surface area contributed by atoms with Crippen LogP contribution in [0.2, 0.25) is 0 Å². The first-order valence-electron chi connectivity index (χ1n) is 15.0. The van der Waals surface area contributed by atoms with Crippen LogP contribution in [0.5, 0.6) is 0 Å². The molecule has 1 aliphatic carbocycles. The SMILES string of the molecule is C=C(c1cccc2c1C(=C)N(c1ccc3c(n1)N(C1CC1)C(C)C(=C)N3C)C2c1ccc(F)cc1)N1CCN(C)CC1. The third-order valence-corrected chi connectivity index (χ3v) is 9.57. The maximum atomic E-state index is 14.1. The van der Waals surface area contributed by atoms with Gasteiger partial charge in [0.25, 0.3) is 0 Å². The van der Waals surface area contributed by atoms with Crippen molar-refractivity contribution in [3.63, 3.8) is 0 Å². The molecule has 3 aromatic rings. The number of hydrogen-bond donors (Lipinski definition) is 0. The van der Waals surface area contributed by atoms with Crippen molar-refractivity contribution in [3.05, 3.63) is 108 Å². The van der Waals surface area contributed by atoms with Crippen molar-refractivity contribution in [2.75, 3.05) is 55.0 Å². The number of nitrogens with zero attached hydrogens (tertiary/aromatic N) is 6. The average molecular weight is 563 g/mol. The number of benzene rings is 2. The largest absolute Gasteiger partial charge is 0.369 e. The number of halogens is 1. The first-order chi connectivity index (χ1) is 20.2. The van der Waals surface area contributed by atoms with E-state index in [4.69, 9.17) is 4.98 Å². The van der Waals surface area contributed by atoms with Gasteiger partial charge in [-0.3, -0.25) is 0 Å². The fourth-order valence-corrected chi connectivity index (χ4v) is 6.90. The smallest absolute Gasteiger partial charge is 0.155 e. The van der Waals surface area contributed by atoms with Gasteiger partial charge in [-0.15, -0.1) is 0 Å². The van der Waals surface area contributed by atoms with Crippen molar-refractivity contribution in [3.8, 4) is 0 Å². The Morgan fingerprint density at radius 3 is 2.33 bits per heavy atom. The maximum Gasteiger partial charge on any atom is 0.155 e. The topological polar surface area (TPSA) is 29.1 Å². The number of pyridine rings is 1. The van der Waals surface area contributed by atoms with Crippen molar-refractivity contribution in [2.45, 2.75) is 37.9 Å². The summed E-state index contributed by atoms with van der Waals surface area (Å²) >= 11 is 0. The van der Waals surface area contributed by atoms with E-state index >= 15 is 0 Å². The molecule has 0 bridgehead atoms. The van der Waals surface area contributed by atoms with Crippen LogP contribution in [0.4, 0.5) is 21.7 Å². The molecular weight excluding hydrogens is 523 g/mol. The molecule has 3 aliphatic heterocycles. The van der Waals surface area contributed by atoms with E-state index in [0.29, 0.717) is 6.04 Å². The Bertz CT molecular complexity index is 1580. The van der Waals surface area contributed by atoms with Gasteiger partial charge in [0.1, 0.15) is 11.6 Å². The molecule has 4 heterocycles. The molecule has 6 nitrogen and oxygen atoms in total. The molecule has 0 N–H and O–H groups in total. The summed E-state index contributed by atoms with van der Waals surface area (Å²) in [6.45, 7) is 19.8. The van der Waals surface area contributed by atoms with Gasteiger partial charge >= 0.3 is 0 Å². The van der Waals surface area contributed by atoms with Gasteiger partial charge in [0.05, 0.1) is 17.8 Å². The highest BCUT2D eigenvalue weighted by Crippen LogP contribution is 2.51. The monoisotopic (exact) mass is 562 g/mol. The van der Waals surface area contributed by atoms with Gasteiger partial charge in [-0.05, 0) is 62.2 Å². The lowest BCUT2D eigenvalue weighted by atomic mass is 9.93. The van der Waals surface area contributed by atoms with Crippen molar-refractivity contribution in [1.29, 1.82) is 0 Å². The maximum absolute atomic E-state index is 14.1. The number of piperazine rings is 1. The average Bonchev–Trinajstić information content (AvgIpc) is 3.79. The molecule has 0 radical (unpaired) electrons. The normalized spacial score (nSPS) is 22.5. The summed E-state index contributed by atoms with van der Waals surface area (Å²) in [4.78, 5) is 16.9. The Labute approximate surface area is 248 Å². The highest BCUT2D eigenvalue weighted by Gasteiger charge is 2.42. The lowest BCUT2D eigenvalue weighted by Crippen LogP contribution is -2.46. The Kier molecular flexibility index (Phi) is 6.39. The molecule has 1 saturated heterocycles. The summed E-state index contributed by atoms with van der Waals surface area (Å²) in [6.07, 6.45) is 2.34. The van der Waals surface area contributed by atoms with Gasteiger partial charge < -0.3 is 24.5 Å². The van der Waals surface area contributed by atoms with E-state index in [9.17, 15) is 4.39 Å². The minimum atomic E-state index is -0.247. The minimum Gasteiger partial charge on any atom is -0.369 e. The van der Waals surface area contributed by atoms with Crippen LogP contribution in [0, 0.1) is 5.82 Å². The molecule has 1 saturated carbocycles. The summed E-state index contributed by atoms with van der Waals surface area (Å²) in [5, 5.41) is 0. The molecule has 2 aromatic carbocycles. The van der Waals surface area contributed by atoms with E-state index < -0.39 is 0 Å². The molecule has 42 heavy (non-hydrogen) atoms. The predicted molar refractivity (Wildman–Crippen MR) is 171 cm³/mol. The second-order valence-electron chi connectivity index (χ2n) is 12.2. The zero-order chi connectivity index (χ0) is 29.3. The van der Waals surface area contributed by atoms with Gasteiger partial charge in [-0.2, -0.15) is 0 Å². The van der Waals surface area contributed by atoms with Gasteiger partial charge in [0.15, 0.2) is 5.82 Å². The van der Waals surface area contributed by atoms with Gasteiger partial charge in [-0.25, -0.2) is 9.37 Å². The molecule has 2 unspecified atom stereocenters. The highest BCUT2D eigenvalue weighted by atomic mass is 19.1. The summed E-state index contributed by atoms with van der Waals surface area (Å²) in [5.41, 5.74) is 8.38.